The van der Waals surface area contributed by atoms with E-state index < -0.39 is 11.9 Å². The van der Waals surface area contributed by atoms with E-state index in [9.17, 15) is 9.59 Å². The second kappa shape index (κ2) is 6.68. The van der Waals surface area contributed by atoms with Gasteiger partial charge in [-0.05, 0) is 19.4 Å². The molecule has 0 saturated carbocycles. The fourth-order valence-electron chi connectivity index (χ4n) is 1.36. The lowest BCUT2D eigenvalue weighted by atomic mass is 10.1. The first-order valence-electron chi connectivity index (χ1n) is 5.53. The van der Waals surface area contributed by atoms with Crippen LogP contribution in [0.2, 0.25) is 0 Å². The fraction of sp³-hybridized carbons (Fsp3) is 0.385. The van der Waals surface area contributed by atoms with Gasteiger partial charge >= 0.3 is 11.9 Å². The topological polar surface area (TPSA) is 52.6 Å². The average Bonchev–Trinajstić information content (AvgIpc) is 2.30. The van der Waals surface area contributed by atoms with E-state index in [1.54, 1.807) is 13.8 Å². The maximum atomic E-state index is 11.4. The van der Waals surface area contributed by atoms with Gasteiger partial charge in [-0.15, -0.1) is 0 Å². The van der Waals surface area contributed by atoms with Crippen LogP contribution in [0.3, 0.4) is 0 Å². The minimum atomic E-state index is -0.570. The summed E-state index contributed by atoms with van der Waals surface area (Å²) < 4.78 is 9.77. The van der Waals surface area contributed by atoms with Gasteiger partial charge in [0.25, 0.3) is 0 Å². The summed E-state index contributed by atoms with van der Waals surface area (Å²) in [7, 11) is 0. The molecule has 17 heavy (non-hydrogen) atoms. The number of hydrogen-bond acceptors (Lipinski definition) is 4. The predicted molar refractivity (Wildman–Crippen MR) is 62.2 cm³/mol. The Morgan fingerprint density at radius 2 is 1.82 bits per heavy atom. The molecular formula is C13H16O4. The maximum absolute atomic E-state index is 11.4. The lowest BCUT2D eigenvalue weighted by Crippen LogP contribution is -2.15. The highest BCUT2D eigenvalue weighted by molar-refractivity contribution is 5.91. The van der Waals surface area contributed by atoms with E-state index in [-0.39, 0.29) is 19.1 Å². The molecule has 0 aliphatic heterocycles. The van der Waals surface area contributed by atoms with Crippen LogP contribution in [0.5, 0.6) is 0 Å². The molecule has 4 nitrogen and oxygen atoms in total. The Kier molecular flexibility index (Phi) is 5.20. The summed E-state index contributed by atoms with van der Waals surface area (Å²) in [5.74, 6) is -1.13. The third-order valence-electron chi connectivity index (χ3n) is 2.17. The normalized spacial score (nSPS) is 11.6. The van der Waals surface area contributed by atoms with Crippen LogP contribution in [0, 0.1) is 0 Å². The highest BCUT2D eigenvalue weighted by Gasteiger charge is 2.15. The molecule has 0 aliphatic carbocycles. The minimum Gasteiger partial charge on any atom is -0.466 e. The molecule has 0 heterocycles. The van der Waals surface area contributed by atoms with Crippen molar-refractivity contribution in [3.8, 4) is 0 Å². The lowest BCUT2D eigenvalue weighted by molar-refractivity contribution is -0.157. The van der Waals surface area contributed by atoms with E-state index in [2.05, 4.69) is 4.74 Å². The van der Waals surface area contributed by atoms with E-state index in [1.807, 2.05) is 30.3 Å². The molecule has 92 valence electrons. The van der Waals surface area contributed by atoms with Crippen molar-refractivity contribution in [3.63, 3.8) is 0 Å². The Morgan fingerprint density at radius 3 is 2.41 bits per heavy atom. The van der Waals surface area contributed by atoms with Crippen molar-refractivity contribution in [2.24, 2.45) is 0 Å². The van der Waals surface area contributed by atoms with Gasteiger partial charge in [0.2, 0.25) is 0 Å². The van der Waals surface area contributed by atoms with Crippen molar-refractivity contribution in [3.05, 3.63) is 35.9 Å². The van der Waals surface area contributed by atoms with E-state index in [0.717, 1.165) is 5.56 Å². The van der Waals surface area contributed by atoms with Crippen LogP contribution in [0.1, 0.15) is 31.9 Å². The van der Waals surface area contributed by atoms with Gasteiger partial charge in [0.05, 0.1) is 6.61 Å². The van der Waals surface area contributed by atoms with Gasteiger partial charge in [0.1, 0.15) is 12.5 Å². The summed E-state index contributed by atoms with van der Waals surface area (Å²) in [4.78, 5) is 22.4. The van der Waals surface area contributed by atoms with E-state index in [1.165, 1.54) is 0 Å². The van der Waals surface area contributed by atoms with Crippen LogP contribution >= 0.6 is 0 Å². The zero-order valence-electron chi connectivity index (χ0n) is 10.0. The van der Waals surface area contributed by atoms with Crippen molar-refractivity contribution < 1.29 is 19.1 Å². The van der Waals surface area contributed by atoms with Gasteiger partial charge in [-0.2, -0.15) is 0 Å². The fourth-order valence-corrected chi connectivity index (χ4v) is 1.36. The number of ether oxygens (including phenoxy) is 2. The molecule has 4 heteroatoms. The highest BCUT2D eigenvalue weighted by atomic mass is 16.6. The van der Waals surface area contributed by atoms with Gasteiger partial charge in [-0.25, -0.2) is 0 Å². The first-order valence-corrected chi connectivity index (χ1v) is 5.53. The number of esters is 2. The molecule has 1 aromatic rings. The molecule has 0 radical (unpaired) electrons. The van der Waals surface area contributed by atoms with Gasteiger partial charge in [-0.1, -0.05) is 30.3 Å². The molecule has 0 saturated heterocycles. The summed E-state index contributed by atoms with van der Waals surface area (Å²) in [6.45, 7) is 3.72. The summed E-state index contributed by atoms with van der Waals surface area (Å²) in [5, 5.41) is 0. The third kappa shape index (κ3) is 4.68. The molecule has 0 spiro atoms. The smallest absolute Gasteiger partial charge is 0.317 e. The molecule has 1 aromatic carbocycles. The first-order chi connectivity index (χ1) is 8.13. The Labute approximate surface area is 101 Å². The molecule has 0 amide bonds. The predicted octanol–water partition coefficient (Wildman–Crippen LogP) is 2.24. The molecule has 0 N–H and O–H groups in total. The van der Waals surface area contributed by atoms with Crippen LogP contribution in [0.4, 0.5) is 0 Å². The van der Waals surface area contributed by atoms with E-state index in [4.69, 9.17) is 4.74 Å². The number of rotatable bonds is 5. The monoisotopic (exact) mass is 236 g/mol. The number of hydrogen-bond donors (Lipinski definition) is 0. The van der Waals surface area contributed by atoms with E-state index >= 15 is 0 Å². The molecular weight excluding hydrogens is 220 g/mol. The molecule has 1 unspecified atom stereocenters. The minimum absolute atomic E-state index is 0.264. The van der Waals surface area contributed by atoms with Gasteiger partial charge in [0, 0.05) is 0 Å². The van der Waals surface area contributed by atoms with Crippen molar-refractivity contribution in [1.29, 1.82) is 0 Å². The number of benzene rings is 1. The second-order valence-corrected chi connectivity index (χ2v) is 3.52. The number of carbonyl (C=O) groups is 2. The van der Waals surface area contributed by atoms with Gasteiger partial charge in [-0.3, -0.25) is 9.59 Å². The zero-order valence-corrected chi connectivity index (χ0v) is 10.0. The van der Waals surface area contributed by atoms with Crippen molar-refractivity contribution in [2.45, 2.75) is 26.4 Å². The van der Waals surface area contributed by atoms with E-state index in [0.29, 0.717) is 0 Å². The maximum Gasteiger partial charge on any atom is 0.317 e. The quantitative estimate of drug-likeness (QED) is 0.581. The molecule has 1 atom stereocenters. The van der Waals surface area contributed by atoms with Crippen LogP contribution in [0.25, 0.3) is 0 Å². The second-order valence-electron chi connectivity index (χ2n) is 3.52. The summed E-state index contributed by atoms with van der Waals surface area (Å²) in [6, 6.07) is 9.34. The van der Waals surface area contributed by atoms with Crippen LogP contribution in [-0.2, 0) is 19.1 Å². The first kappa shape index (κ1) is 13.2. The molecule has 1 rings (SSSR count). The largest absolute Gasteiger partial charge is 0.466 e. The van der Waals surface area contributed by atoms with Crippen LogP contribution in [-0.4, -0.2) is 18.5 Å². The zero-order chi connectivity index (χ0) is 12.7. The Bertz CT molecular complexity index is 372. The summed E-state index contributed by atoms with van der Waals surface area (Å²) in [5.41, 5.74) is 0.893. The Hall–Kier alpha value is -1.84. The lowest BCUT2D eigenvalue weighted by Gasteiger charge is -2.13. The molecule has 0 aromatic heterocycles. The third-order valence-corrected chi connectivity index (χ3v) is 2.17. The summed E-state index contributed by atoms with van der Waals surface area (Å²) >= 11 is 0. The molecule has 0 bridgehead atoms. The van der Waals surface area contributed by atoms with Crippen LogP contribution in [0.15, 0.2) is 30.3 Å². The highest BCUT2D eigenvalue weighted by Crippen LogP contribution is 2.16. The van der Waals surface area contributed by atoms with Crippen molar-refractivity contribution in [1.82, 2.24) is 0 Å². The average molecular weight is 236 g/mol. The molecule has 0 fully saturated rings. The van der Waals surface area contributed by atoms with Crippen molar-refractivity contribution >= 4 is 11.9 Å². The standard InChI is InChI=1S/C13H16O4/c1-3-16-12(14)9-13(15)17-10(2)11-7-5-4-6-8-11/h4-8,10H,3,9H2,1-2H3. The van der Waals surface area contributed by atoms with Crippen LogP contribution < -0.4 is 0 Å². The van der Waals surface area contributed by atoms with Gasteiger partial charge in [0.15, 0.2) is 0 Å². The summed E-state index contributed by atoms with van der Waals surface area (Å²) in [6.07, 6.45) is -0.705. The SMILES string of the molecule is CCOC(=O)CC(=O)OC(C)c1ccccc1. The number of carbonyl (C=O) groups excluding carboxylic acids is 2. The van der Waals surface area contributed by atoms with Crippen molar-refractivity contribution in [2.75, 3.05) is 6.61 Å². The Balaban J connectivity index is 2.44. The molecule has 0 aliphatic rings. The Morgan fingerprint density at radius 1 is 1.18 bits per heavy atom. The van der Waals surface area contributed by atoms with Gasteiger partial charge < -0.3 is 9.47 Å².